The molecule has 2 N–H and O–H groups in total. The van der Waals surface area contributed by atoms with E-state index >= 15 is 0 Å². The van der Waals surface area contributed by atoms with E-state index in [0.717, 1.165) is 22.3 Å². The average Bonchev–Trinajstić information content (AvgIpc) is 3.03. The second kappa shape index (κ2) is 10.5. The maximum absolute atomic E-state index is 13.3. The Balaban J connectivity index is 1.44. The molecule has 0 bridgehead atoms. The molecule has 2 amide bonds. The molecule has 2 aliphatic rings. The summed E-state index contributed by atoms with van der Waals surface area (Å²) < 4.78 is 11.4. The molecular formula is C27H32N2O6. The van der Waals surface area contributed by atoms with Crippen LogP contribution in [0.15, 0.2) is 48.5 Å². The van der Waals surface area contributed by atoms with Gasteiger partial charge in [-0.05, 0) is 48.9 Å². The van der Waals surface area contributed by atoms with Gasteiger partial charge in [0.05, 0.1) is 5.60 Å². The normalized spacial score (nSPS) is 17.6. The van der Waals surface area contributed by atoms with E-state index in [2.05, 4.69) is 17.4 Å². The number of hydrogen-bond donors (Lipinski definition) is 2. The molecule has 1 heterocycles. The second-order valence-electron chi connectivity index (χ2n) is 9.68. The highest BCUT2D eigenvalue weighted by molar-refractivity contribution is 5.86. The van der Waals surface area contributed by atoms with Crippen LogP contribution in [0.3, 0.4) is 0 Å². The molecule has 186 valence electrons. The van der Waals surface area contributed by atoms with E-state index in [0.29, 0.717) is 26.1 Å². The van der Waals surface area contributed by atoms with Gasteiger partial charge in [0.15, 0.2) is 0 Å². The van der Waals surface area contributed by atoms with Gasteiger partial charge in [0.1, 0.15) is 12.6 Å². The summed E-state index contributed by atoms with van der Waals surface area (Å²) in [6.45, 7) is 5.31. The molecule has 35 heavy (non-hydrogen) atoms. The lowest BCUT2D eigenvalue weighted by Crippen LogP contribution is -2.52. The van der Waals surface area contributed by atoms with E-state index in [9.17, 15) is 14.4 Å². The Bertz CT molecular complexity index is 1050. The number of fused-ring (bicyclic) bond motifs is 3. The third-order valence-corrected chi connectivity index (χ3v) is 6.53. The summed E-state index contributed by atoms with van der Waals surface area (Å²) in [5.74, 6) is -1.46. The molecule has 1 atom stereocenters. The fraction of sp³-hybridized carbons (Fsp3) is 0.444. The lowest BCUT2D eigenvalue weighted by molar-refractivity contribution is -0.138. The Labute approximate surface area is 205 Å². The van der Waals surface area contributed by atoms with E-state index in [1.165, 1.54) is 0 Å². The molecule has 8 nitrogen and oxygen atoms in total. The first-order chi connectivity index (χ1) is 16.7. The van der Waals surface area contributed by atoms with Crippen molar-refractivity contribution in [3.05, 3.63) is 59.7 Å². The van der Waals surface area contributed by atoms with Crippen molar-refractivity contribution in [2.45, 2.75) is 50.7 Å². The summed E-state index contributed by atoms with van der Waals surface area (Å²) in [6, 6.07) is 15.1. The van der Waals surface area contributed by atoms with Crippen LogP contribution in [0, 0.1) is 0 Å². The molecule has 1 aliphatic heterocycles. The van der Waals surface area contributed by atoms with E-state index in [1.807, 2.05) is 50.2 Å². The van der Waals surface area contributed by atoms with Crippen LogP contribution in [0.2, 0.25) is 0 Å². The highest BCUT2D eigenvalue weighted by Crippen LogP contribution is 2.44. The summed E-state index contributed by atoms with van der Waals surface area (Å²) in [5.41, 5.74) is 3.90. The number of nitrogens with zero attached hydrogens (tertiary/aromatic N) is 1. The number of benzene rings is 2. The van der Waals surface area contributed by atoms with Gasteiger partial charge in [0.2, 0.25) is 5.91 Å². The van der Waals surface area contributed by atoms with Crippen LogP contribution < -0.4 is 5.32 Å². The van der Waals surface area contributed by atoms with Crippen LogP contribution in [0.4, 0.5) is 4.79 Å². The van der Waals surface area contributed by atoms with Gasteiger partial charge in [-0.25, -0.2) is 4.79 Å². The average molecular weight is 481 g/mol. The molecule has 2 aromatic carbocycles. The van der Waals surface area contributed by atoms with Gasteiger partial charge in [0, 0.05) is 32.0 Å². The van der Waals surface area contributed by atoms with Crippen molar-refractivity contribution < 1.29 is 29.0 Å². The van der Waals surface area contributed by atoms with Gasteiger partial charge < -0.3 is 24.8 Å². The van der Waals surface area contributed by atoms with Crippen molar-refractivity contribution in [1.82, 2.24) is 10.2 Å². The summed E-state index contributed by atoms with van der Waals surface area (Å²) in [5, 5.41) is 11.8. The van der Waals surface area contributed by atoms with Crippen molar-refractivity contribution in [1.29, 1.82) is 0 Å². The third kappa shape index (κ3) is 5.82. The molecule has 0 saturated carbocycles. The van der Waals surface area contributed by atoms with E-state index in [1.54, 1.807) is 4.90 Å². The molecule has 0 radical (unpaired) electrons. The minimum Gasteiger partial charge on any atom is -0.481 e. The van der Waals surface area contributed by atoms with Gasteiger partial charge in [-0.3, -0.25) is 9.59 Å². The van der Waals surface area contributed by atoms with Gasteiger partial charge in [-0.2, -0.15) is 0 Å². The standard InChI is InChI=1S/C27H32N2O6/c1-27(2)17-29(14-7-15-35-27)25(32)23(12-13-24(30)31)28-26(33)34-16-22-20-10-5-3-8-18(20)19-9-4-6-11-21(19)22/h3-6,8-11,22-23H,7,12-17H2,1-2H3,(H,28,33)(H,30,31). The number of aliphatic carboxylic acids is 1. The number of hydrogen-bond acceptors (Lipinski definition) is 5. The largest absolute Gasteiger partial charge is 0.481 e. The lowest BCUT2D eigenvalue weighted by Gasteiger charge is -2.31. The van der Waals surface area contributed by atoms with Gasteiger partial charge >= 0.3 is 12.1 Å². The molecule has 1 fully saturated rings. The smallest absolute Gasteiger partial charge is 0.407 e. The van der Waals surface area contributed by atoms with E-state index in [-0.39, 0.29) is 31.3 Å². The van der Waals surface area contributed by atoms with E-state index < -0.39 is 23.7 Å². The number of alkyl carbamates (subject to hydrolysis) is 1. The third-order valence-electron chi connectivity index (χ3n) is 6.53. The Hall–Kier alpha value is -3.39. The number of carbonyl (C=O) groups is 3. The first-order valence-electron chi connectivity index (χ1n) is 12.0. The van der Waals surface area contributed by atoms with Gasteiger partial charge in [-0.15, -0.1) is 0 Å². The number of carbonyl (C=O) groups excluding carboxylic acids is 2. The SMILES string of the molecule is CC1(C)CN(C(=O)C(CCC(=O)O)NC(=O)OCC2c3ccccc3-c3ccccc32)CCCO1. The number of nitrogens with one attached hydrogen (secondary N) is 1. The van der Waals surface area contributed by atoms with Gasteiger partial charge in [-0.1, -0.05) is 48.5 Å². The molecule has 1 aliphatic carbocycles. The van der Waals surface area contributed by atoms with Crippen LogP contribution >= 0.6 is 0 Å². The van der Waals surface area contributed by atoms with E-state index in [4.69, 9.17) is 14.6 Å². The monoisotopic (exact) mass is 480 g/mol. The minimum atomic E-state index is -1.03. The zero-order valence-corrected chi connectivity index (χ0v) is 20.2. The first kappa shape index (κ1) is 24.7. The van der Waals surface area contributed by atoms with Crippen molar-refractivity contribution in [3.63, 3.8) is 0 Å². The molecule has 1 unspecified atom stereocenters. The zero-order chi connectivity index (χ0) is 25.0. The highest BCUT2D eigenvalue weighted by atomic mass is 16.5. The lowest BCUT2D eigenvalue weighted by atomic mass is 9.98. The molecule has 0 spiro atoms. The summed E-state index contributed by atoms with van der Waals surface area (Å²) >= 11 is 0. The molecule has 0 aromatic heterocycles. The number of carboxylic acid groups (broad SMARTS) is 1. The summed E-state index contributed by atoms with van der Waals surface area (Å²) in [4.78, 5) is 38.9. The molecule has 4 rings (SSSR count). The molecular weight excluding hydrogens is 448 g/mol. The van der Waals surface area contributed by atoms with Crippen LogP contribution in [0.25, 0.3) is 11.1 Å². The predicted molar refractivity (Wildman–Crippen MR) is 130 cm³/mol. The maximum atomic E-state index is 13.3. The fourth-order valence-electron chi connectivity index (χ4n) is 4.90. The second-order valence-corrected chi connectivity index (χ2v) is 9.68. The van der Waals surface area contributed by atoms with Crippen molar-refractivity contribution in [2.75, 3.05) is 26.3 Å². The van der Waals surface area contributed by atoms with Crippen LogP contribution in [0.1, 0.15) is 50.2 Å². The minimum absolute atomic E-state index is 0.0177. The Kier molecular flexibility index (Phi) is 7.40. The maximum Gasteiger partial charge on any atom is 0.407 e. The van der Waals surface area contributed by atoms with Crippen LogP contribution in [-0.4, -0.2) is 65.9 Å². The number of amides is 2. The first-order valence-corrected chi connectivity index (χ1v) is 12.0. The van der Waals surface area contributed by atoms with Crippen molar-refractivity contribution in [2.24, 2.45) is 0 Å². The Morgan fingerprint density at radius 3 is 2.37 bits per heavy atom. The Morgan fingerprint density at radius 2 is 1.74 bits per heavy atom. The fourth-order valence-corrected chi connectivity index (χ4v) is 4.90. The number of ether oxygens (including phenoxy) is 2. The summed E-state index contributed by atoms with van der Waals surface area (Å²) in [7, 11) is 0. The number of rotatable bonds is 7. The van der Waals surface area contributed by atoms with Crippen LogP contribution in [0.5, 0.6) is 0 Å². The van der Waals surface area contributed by atoms with Crippen LogP contribution in [-0.2, 0) is 19.1 Å². The molecule has 2 aromatic rings. The quantitative estimate of drug-likeness (QED) is 0.625. The highest BCUT2D eigenvalue weighted by Gasteiger charge is 2.34. The van der Waals surface area contributed by atoms with Crippen molar-refractivity contribution in [3.8, 4) is 11.1 Å². The molecule has 8 heteroatoms. The van der Waals surface area contributed by atoms with Gasteiger partial charge in [0.25, 0.3) is 0 Å². The zero-order valence-electron chi connectivity index (χ0n) is 20.2. The predicted octanol–water partition coefficient (Wildman–Crippen LogP) is 3.79. The number of carboxylic acids is 1. The topological polar surface area (TPSA) is 105 Å². The van der Waals surface area contributed by atoms with Crippen molar-refractivity contribution >= 4 is 18.0 Å². The Morgan fingerprint density at radius 1 is 1.11 bits per heavy atom. The molecule has 1 saturated heterocycles. The summed E-state index contributed by atoms with van der Waals surface area (Å²) in [6.07, 6.45) is -0.323.